The van der Waals surface area contributed by atoms with Gasteiger partial charge < -0.3 is 15.2 Å². The van der Waals surface area contributed by atoms with Crippen molar-refractivity contribution in [1.82, 2.24) is 5.43 Å². The fourth-order valence-corrected chi connectivity index (χ4v) is 4.24. The van der Waals surface area contributed by atoms with Gasteiger partial charge in [0.25, 0.3) is 11.8 Å². The van der Waals surface area contributed by atoms with Crippen LogP contribution in [0.4, 0.5) is 11.4 Å². The third kappa shape index (κ3) is 8.27. The number of nitroso groups, excluding NO2 is 1. The molecule has 2 aromatic rings. The molecule has 5 N–H and O–H groups in total. The molecule has 10 heteroatoms. The Bertz CT molecular complexity index is 1020. The zero-order valence-corrected chi connectivity index (χ0v) is 19.5. The van der Waals surface area contributed by atoms with E-state index in [2.05, 4.69) is 20.9 Å². The molecule has 0 spiro atoms. The number of aliphatic imine (C=N–C) groups is 1. The number of nitrogens with two attached hydrogens (primary N) is 1. The first-order valence-corrected chi connectivity index (χ1v) is 11.6. The van der Waals surface area contributed by atoms with Gasteiger partial charge in [0.2, 0.25) is 0 Å². The number of carbonyl (C=O) groups excluding carboxylic acids is 2. The fourth-order valence-electron chi connectivity index (χ4n) is 4.24. The Hall–Kier alpha value is -3.63. The summed E-state index contributed by atoms with van der Waals surface area (Å²) in [6, 6.07) is 14.9. The smallest absolute Gasteiger partial charge is 0.305 e. The molecule has 0 aliphatic heterocycles. The van der Waals surface area contributed by atoms with Gasteiger partial charge in [0.15, 0.2) is 6.61 Å². The van der Waals surface area contributed by atoms with Crippen LogP contribution in [0.2, 0.25) is 0 Å². The number of amidine groups is 1. The number of ether oxygens (including phenoxy) is 1. The summed E-state index contributed by atoms with van der Waals surface area (Å²) in [4.78, 5) is 38.1. The predicted octanol–water partition coefficient (Wildman–Crippen LogP) is 3.28. The number of nitrogens with one attached hydrogen (secondary N) is 2. The lowest BCUT2D eigenvalue weighted by Crippen LogP contribution is -2.34. The van der Waals surface area contributed by atoms with Gasteiger partial charge in [0.1, 0.15) is 0 Å². The zero-order chi connectivity index (χ0) is 25.0. The first kappa shape index (κ1) is 26.0. The van der Waals surface area contributed by atoms with Gasteiger partial charge in [-0.15, -0.1) is 4.91 Å². The summed E-state index contributed by atoms with van der Waals surface area (Å²) in [5, 5.41) is 14.3. The molecule has 3 rings (SSSR count). The number of aliphatic hydroxyl groups excluding tert-OH is 1. The summed E-state index contributed by atoms with van der Waals surface area (Å²) in [7, 11) is 0. The number of hydrogen-bond donors (Lipinski definition) is 4. The topological polar surface area (TPSA) is 155 Å². The number of rotatable bonds is 9. The van der Waals surface area contributed by atoms with E-state index in [1.54, 1.807) is 12.1 Å². The average Bonchev–Trinajstić information content (AvgIpc) is 2.88. The van der Waals surface area contributed by atoms with Crippen LogP contribution in [0, 0.1) is 10.8 Å². The lowest BCUT2D eigenvalue weighted by Gasteiger charge is -2.28. The largest absolute Gasteiger partial charge is 0.454 e. The van der Waals surface area contributed by atoms with Crippen molar-refractivity contribution < 1.29 is 19.4 Å². The van der Waals surface area contributed by atoms with Gasteiger partial charge in [0.05, 0.1) is 5.69 Å². The predicted molar refractivity (Wildman–Crippen MR) is 133 cm³/mol. The minimum atomic E-state index is -0.564. The van der Waals surface area contributed by atoms with Crippen LogP contribution >= 0.6 is 0 Å². The third-order valence-corrected chi connectivity index (χ3v) is 6.11. The molecule has 186 valence electrons. The van der Waals surface area contributed by atoms with Crippen molar-refractivity contribution in [1.29, 1.82) is 0 Å². The second-order valence-electron chi connectivity index (χ2n) is 8.57. The minimum absolute atomic E-state index is 0.00614. The van der Waals surface area contributed by atoms with Crippen LogP contribution in [-0.4, -0.2) is 36.2 Å². The highest BCUT2D eigenvalue weighted by molar-refractivity contribution is 5.93. The maximum atomic E-state index is 12.3. The second kappa shape index (κ2) is 13.3. The van der Waals surface area contributed by atoms with Gasteiger partial charge in [-0.1, -0.05) is 24.3 Å². The quantitative estimate of drug-likeness (QED) is 0.141. The molecule has 1 aliphatic rings. The van der Waals surface area contributed by atoms with Crippen LogP contribution < -0.4 is 16.6 Å². The van der Waals surface area contributed by atoms with Gasteiger partial charge in [-0.25, -0.2) is 5.84 Å². The second-order valence-corrected chi connectivity index (χ2v) is 8.57. The number of anilines is 1. The minimum Gasteiger partial charge on any atom is -0.454 e. The molecule has 0 saturated heterocycles. The Morgan fingerprint density at radius 3 is 2.31 bits per heavy atom. The summed E-state index contributed by atoms with van der Waals surface area (Å²) in [5.74, 6) is 5.17. The molecule has 0 bridgehead atoms. The number of nitrogens with zero attached hydrogens (tertiary/aromatic N) is 2. The maximum Gasteiger partial charge on any atom is 0.305 e. The molecule has 0 heterocycles. The van der Waals surface area contributed by atoms with Crippen molar-refractivity contribution in [3.8, 4) is 0 Å². The summed E-state index contributed by atoms with van der Waals surface area (Å²) >= 11 is 0. The van der Waals surface area contributed by atoms with Crippen LogP contribution in [0.5, 0.6) is 0 Å². The Morgan fingerprint density at radius 2 is 1.71 bits per heavy atom. The Labute approximate surface area is 203 Å². The van der Waals surface area contributed by atoms with E-state index in [0.29, 0.717) is 23.7 Å². The van der Waals surface area contributed by atoms with Gasteiger partial charge in [-0.05, 0) is 79.3 Å². The molecule has 1 fully saturated rings. The molecular weight excluding hydrogens is 450 g/mol. The van der Waals surface area contributed by atoms with E-state index >= 15 is 0 Å². The summed E-state index contributed by atoms with van der Waals surface area (Å²) in [6.45, 7) is -0.198. The molecule has 1 saturated carbocycles. The van der Waals surface area contributed by atoms with Crippen LogP contribution in [0.3, 0.4) is 0 Å². The molecule has 2 aromatic carbocycles. The molecule has 0 aromatic heterocycles. The maximum absolute atomic E-state index is 12.3. The molecule has 0 atom stereocenters. The van der Waals surface area contributed by atoms with Crippen LogP contribution in [0.25, 0.3) is 0 Å². The van der Waals surface area contributed by atoms with E-state index < -0.39 is 5.91 Å². The molecule has 2 amide bonds. The van der Waals surface area contributed by atoms with E-state index in [1.165, 1.54) is 5.56 Å². The van der Waals surface area contributed by atoms with Crippen molar-refractivity contribution in [2.45, 2.75) is 44.4 Å². The monoisotopic (exact) mass is 481 g/mol. The number of hydrogen-bond acceptors (Lipinski definition) is 7. The fraction of sp³-hybridized carbons (Fsp3) is 0.400. The number of carbonyl (C=O) groups is 2. The molecule has 10 nitrogen and oxygen atoms in total. The average molecular weight is 482 g/mol. The van der Waals surface area contributed by atoms with Gasteiger partial charge in [0, 0.05) is 23.9 Å². The van der Waals surface area contributed by atoms with Crippen LogP contribution in [0.15, 0.2) is 58.7 Å². The lowest BCUT2D eigenvalue weighted by atomic mass is 9.77. The highest BCUT2D eigenvalue weighted by Gasteiger charge is 2.24. The summed E-state index contributed by atoms with van der Waals surface area (Å²) in [6.07, 6.45) is 4.50. The van der Waals surface area contributed by atoms with E-state index in [9.17, 15) is 14.5 Å². The zero-order valence-electron chi connectivity index (χ0n) is 19.5. The highest BCUT2D eigenvalue weighted by Crippen LogP contribution is 2.37. The summed E-state index contributed by atoms with van der Waals surface area (Å²) in [5.41, 5.74) is 5.75. The number of aliphatic hydroxyl groups is 1. The molecule has 0 unspecified atom stereocenters. The van der Waals surface area contributed by atoms with Gasteiger partial charge in [-0.3, -0.25) is 15.0 Å². The van der Waals surface area contributed by atoms with Crippen molar-refractivity contribution in [2.24, 2.45) is 21.9 Å². The first-order valence-electron chi connectivity index (χ1n) is 11.6. The van der Waals surface area contributed by atoms with E-state index in [-0.39, 0.29) is 37.5 Å². The SMILES string of the molecule is NNC(=Nc1ccc(CCO)cc1)OCC(=O)Nc1ccc(C2CCC(CC(=O)N=O)CC2)cc1. The van der Waals surface area contributed by atoms with E-state index in [1.807, 2.05) is 36.4 Å². The number of benzene rings is 2. The van der Waals surface area contributed by atoms with E-state index in [0.717, 1.165) is 31.2 Å². The number of amides is 2. The van der Waals surface area contributed by atoms with Crippen molar-refractivity contribution in [2.75, 3.05) is 18.5 Å². The normalized spacial score (nSPS) is 17.9. The molecule has 0 radical (unpaired) electrons. The number of hydrazine groups is 1. The Morgan fingerprint density at radius 1 is 1.03 bits per heavy atom. The van der Waals surface area contributed by atoms with Gasteiger partial charge >= 0.3 is 6.02 Å². The summed E-state index contributed by atoms with van der Waals surface area (Å²) < 4.78 is 5.38. The van der Waals surface area contributed by atoms with Crippen molar-refractivity contribution in [3.05, 3.63) is 64.6 Å². The molecular formula is C25H31N5O5. The molecule has 1 aliphatic carbocycles. The first-order chi connectivity index (χ1) is 17.0. The van der Waals surface area contributed by atoms with Crippen LogP contribution in [-0.2, 0) is 20.7 Å². The molecule has 35 heavy (non-hydrogen) atoms. The third-order valence-electron chi connectivity index (χ3n) is 6.11. The van der Waals surface area contributed by atoms with Crippen molar-refractivity contribution in [3.63, 3.8) is 0 Å². The highest BCUT2D eigenvalue weighted by atomic mass is 16.5. The lowest BCUT2D eigenvalue weighted by molar-refractivity contribution is -0.119. The standard InChI is InChI=1S/C25H31N5O5/c26-29-25(28-22-9-3-17(4-10-22)13-14-31)35-16-24(33)27-21-11-7-20(8-12-21)19-5-1-18(2-6-19)15-23(32)30-34/h3-4,7-12,18-19,31H,1-2,5-6,13-16,26H2,(H,27,33)(H,28,29). The van der Waals surface area contributed by atoms with E-state index in [4.69, 9.17) is 15.7 Å². The Balaban J connectivity index is 1.46. The van der Waals surface area contributed by atoms with Gasteiger partial charge in [-0.2, -0.15) is 4.99 Å². The van der Waals surface area contributed by atoms with Crippen LogP contribution in [0.1, 0.15) is 49.1 Å². The van der Waals surface area contributed by atoms with Crippen molar-refractivity contribution >= 4 is 29.2 Å². The Kier molecular flexibility index (Phi) is 9.88.